The zero-order valence-corrected chi connectivity index (χ0v) is 20.2. The number of hydrogen-bond donors (Lipinski definition) is 0. The van der Waals surface area contributed by atoms with Crippen molar-refractivity contribution in [2.75, 3.05) is 6.61 Å². The zero-order valence-electron chi connectivity index (χ0n) is 16.2. The van der Waals surface area contributed by atoms with Crippen LogP contribution >= 0.6 is 0 Å². The molecule has 0 aliphatic heterocycles. The molecule has 0 fully saturated rings. The molecule has 0 heterocycles. The molecule has 138 valence electrons. The third kappa shape index (κ3) is 16.9. The Bertz CT molecular complexity index is 244. The van der Waals surface area contributed by atoms with E-state index in [2.05, 4.69) is 20.8 Å². The van der Waals surface area contributed by atoms with Crippen molar-refractivity contribution in [3.63, 3.8) is 0 Å². The second-order valence-corrected chi connectivity index (χ2v) is 6.62. The molecule has 0 aromatic carbocycles. The monoisotopic (exact) mass is 434 g/mol. The number of carbonyl (C=O) groups is 1. The first-order chi connectivity index (χ1) is 10.8. The Morgan fingerprint density at radius 2 is 1.17 bits per heavy atom. The molecule has 2 nitrogen and oxygen atoms in total. The molecule has 0 rings (SSSR count). The normalized spacial score (nSPS) is 11.8. The Morgan fingerprint density at radius 3 is 1.74 bits per heavy atom. The Balaban J connectivity index is 0. The molecule has 0 aliphatic rings. The standard InChI is InChI=1S/C20H40O2.Sn.2H/c1-4-7-10-11-12-13-14-15-17-19(16-8-5-2)20(21)22-18-9-6-3;;;/h19H,4-18H2,1-3H3;;;. The van der Waals surface area contributed by atoms with Crippen molar-refractivity contribution in [3.05, 3.63) is 0 Å². The average Bonchev–Trinajstić information content (AvgIpc) is 2.52. The van der Waals surface area contributed by atoms with E-state index in [-0.39, 0.29) is 35.8 Å². The number of carbonyl (C=O) groups excluding carboxylic acids is 1. The molecule has 0 aromatic rings. The SMILES string of the molecule is CCCCCCCCCCC(CCCC)C(=O)OCCCC.[SnH2]. The van der Waals surface area contributed by atoms with Crippen molar-refractivity contribution < 1.29 is 9.53 Å². The summed E-state index contributed by atoms with van der Waals surface area (Å²) in [6.45, 7) is 7.18. The van der Waals surface area contributed by atoms with Gasteiger partial charge in [-0.3, -0.25) is 4.79 Å². The Morgan fingerprint density at radius 1 is 0.696 bits per heavy atom. The van der Waals surface area contributed by atoms with E-state index in [1.54, 1.807) is 0 Å². The Hall–Kier alpha value is 0.269. The van der Waals surface area contributed by atoms with Gasteiger partial charge in [0.25, 0.3) is 0 Å². The average molecular weight is 433 g/mol. The Labute approximate surface area is 162 Å². The molecule has 0 amide bonds. The molecule has 0 saturated heterocycles. The van der Waals surface area contributed by atoms with Crippen molar-refractivity contribution in [1.29, 1.82) is 0 Å². The predicted octanol–water partition coefficient (Wildman–Crippen LogP) is 5.75. The van der Waals surface area contributed by atoms with Gasteiger partial charge in [-0.1, -0.05) is 91.4 Å². The van der Waals surface area contributed by atoms with Crippen LogP contribution in [0.25, 0.3) is 0 Å². The van der Waals surface area contributed by atoms with Gasteiger partial charge in [-0.15, -0.1) is 0 Å². The van der Waals surface area contributed by atoms with Crippen LogP contribution in [0.3, 0.4) is 0 Å². The van der Waals surface area contributed by atoms with E-state index in [1.807, 2.05) is 0 Å². The van der Waals surface area contributed by atoms with Gasteiger partial charge in [0.2, 0.25) is 0 Å². The van der Waals surface area contributed by atoms with E-state index >= 15 is 0 Å². The molecule has 2 radical (unpaired) electrons. The van der Waals surface area contributed by atoms with Crippen molar-refractivity contribution >= 4 is 29.9 Å². The minimum atomic E-state index is 0. The predicted molar refractivity (Wildman–Crippen MR) is 105 cm³/mol. The van der Waals surface area contributed by atoms with Crippen molar-refractivity contribution in [1.82, 2.24) is 0 Å². The summed E-state index contributed by atoms with van der Waals surface area (Å²) < 4.78 is 5.43. The van der Waals surface area contributed by atoms with Gasteiger partial charge in [0.15, 0.2) is 0 Å². The van der Waals surface area contributed by atoms with Gasteiger partial charge < -0.3 is 4.74 Å². The number of esters is 1. The summed E-state index contributed by atoms with van der Waals surface area (Å²) in [5.41, 5.74) is 0. The van der Waals surface area contributed by atoms with E-state index in [0.29, 0.717) is 6.61 Å². The van der Waals surface area contributed by atoms with Crippen LogP contribution in [0, 0.1) is 5.92 Å². The fourth-order valence-corrected chi connectivity index (χ4v) is 2.79. The summed E-state index contributed by atoms with van der Waals surface area (Å²) in [7, 11) is 0. The third-order valence-corrected chi connectivity index (χ3v) is 4.39. The molecule has 0 saturated carbocycles. The minimum absolute atomic E-state index is 0. The molecule has 0 spiro atoms. The van der Waals surface area contributed by atoms with Crippen LogP contribution in [0.4, 0.5) is 0 Å². The molecule has 0 aliphatic carbocycles. The maximum atomic E-state index is 12.1. The molecule has 1 atom stereocenters. The fraction of sp³-hybridized carbons (Fsp3) is 0.950. The van der Waals surface area contributed by atoms with Crippen molar-refractivity contribution in [2.24, 2.45) is 5.92 Å². The van der Waals surface area contributed by atoms with Crippen molar-refractivity contribution in [3.8, 4) is 0 Å². The molecule has 0 aromatic heterocycles. The zero-order chi connectivity index (χ0) is 16.5. The van der Waals surface area contributed by atoms with Gasteiger partial charge >= 0.3 is 29.9 Å². The quantitative estimate of drug-likeness (QED) is 0.176. The third-order valence-electron chi connectivity index (χ3n) is 4.39. The summed E-state index contributed by atoms with van der Waals surface area (Å²) in [5.74, 6) is 0.210. The topological polar surface area (TPSA) is 26.3 Å². The number of ether oxygens (including phenoxy) is 1. The van der Waals surface area contributed by atoms with Crippen LogP contribution in [0.2, 0.25) is 0 Å². The van der Waals surface area contributed by atoms with E-state index in [9.17, 15) is 4.79 Å². The first kappa shape index (κ1) is 25.5. The van der Waals surface area contributed by atoms with Gasteiger partial charge in [0.05, 0.1) is 12.5 Å². The van der Waals surface area contributed by atoms with Crippen LogP contribution < -0.4 is 0 Å². The molecule has 23 heavy (non-hydrogen) atoms. The summed E-state index contributed by atoms with van der Waals surface area (Å²) in [6.07, 6.45) is 17.0. The van der Waals surface area contributed by atoms with Crippen molar-refractivity contribution in [2.45, 2.75) is 111 Å². The van der Waals surface area contributed by atoms with Gasteiger partial charge in [-0.05, 0) is 19.3 Å². The van der Waals surface area contributed by atoms with Crippen LogP contribution in [0.5, 0.6) is 0 Å². The van der Waals surface area contributed by atoms with E-state index in [4.69, 9.17) is 4.74 Å². The van der Waals surface area contributed by atoms with Crippen LogP contribution in [0.15, 0.2) is 0 Å². The second-order valence-electron chi connectivity index (χ2n) is 6.62. The summed E-state index contributed by atoms with van der Waals surface area (Å²) in [4.78, 5) is 12.1. The van der Waals surface area contributed by atoms with Crippen LogP contribution in [-0.2, 0) is 9.53 Å². The second kappa shape index (κ2) is 20.3. The Kier molecular flexibility index (Phi) is 22.5. The van der Waals surface area contributed by atoms with E-state index in [0.717, 1.165) is 38.5 Å². The molecular weight excluding hydrogens is 391 g/mol. The van der Waals surface area contributed by atoms with Gasteiger partial charge in [-0.2, -0.15) is 0 Å². The first-order valence-corrected chi connectivity index (χ1v) is 9.92. The molecular formula is C20H42O2Sn. The fourth-order valence-electron chi connectivity index (χ4n) is 2.79. The molecule has 1 unspecified atom stereocenters. The van der Waals surface area contributed by atoms with Gasteiger partial charge in [0, 0.05) is 0 Å². The number of rotatable bonds is 16. The summed E-state index contributed by atoms with van der Waals surface area (Å²) in [5, 5.41) is 0. The summed E-state index contributed by atoms with van der Waals surface area (Å²) >= 11 is 0. The number of unbranched alkanes of at least 4 members (excludes halogenated alkanes) is 9. The van der Waals surface area contributed by atoms with Gasteiger partial charge in [-0.25, -0.2) is 0 Å². The van der Waals surface area contributed by atoms with E-state index in [1.165, 1.54) is 51.4 Å². The molecule has 0 bridgehead atoms. The first-order valence-electron chi connectivity index (χ1n) is 9.92. The van der Waals surface area contributed by atoms with Crippen LogP contribution in [0.1, 0.15) is 111 Å². The van der Waals surface area contributed by atoms with Gasteiger partial charge in [0.1, 0.15) is 0 Å². The summed E-state index contributed by atoms with van der Waals surface area (Å²) in [6, 6.07) is 0. The maximum absolute atomic E-state index is 12.1. The van der Waals surface area contributed by atoms with E-state index < -0.39 is 0 Å². The molecule has 0 N–H and O–H groups in total. The van der Waals surface area contributed by atoms with Crippen LogP contribution in [-0.4, -0.2) is 36.5 Å². The molecule has 3 heteroatoms. The number of hydrogen-bond acceptors (Lipinski definition) is 2.